The quantitative estimate of drug-likeness (QED) is 0.862. The van der Waals surface area contributed by atoms with Gasteiger partial charge in [-0.2, -0.15) is 11.3 Å². The highest BCUT2D eigenvalue weighted by Crippen LogP contribution is 2.19. The van der Waals surface area contributed by atoms with E-state index in [0.717, 1.165) is 39.0 Å². The predicted octanol–water partition coefficient (Wildman–Crippen LogP) is 2.25. The summed E-state index contributed by atoms with van der Waals surface area (Å²) in [7, 11) is 0. The molecular formula is C16H26ClN3OS. The van der Waals surface area contributed by atoms with E-state index in [1.165, 1.54) is 24.9 Å². The fraction of sp³-hybridized carbons (Fsp3) is 0.688. The molecule has 2 atom stereocenters. The monoisotopic (exact) mass is 343 g/mol. The minimum absolute atomic E-state index is 0. The van der Waals surface area contributed by atoms with Gasteiger partial charge in [0.05, 0.1) is 6.04 Å². The van der Waals surface area contributed by atoms with Crippen molar-refractivity contribution in [3.05, 3.63) is 22.4 Å². The molecule has 2 aliphatic heterocycles. The van der Waals surface area contributed by atoms with Crippen LogP contribution in [0, 0.1) is 5.92 Å². The van der Waals surface area contributed by atoms with Gasteiger partial charge in [0.25, 0.3) is 0 Å². The number of carbonyl (C=O) groups excluding carboxylic acids is 1. The van der Waals surface area contributed by atoms with Crippen molar-refractivity contribution >= 4 is 29.7 Å². The van der Waals surface area contributed by atoms with Gasteiger partial charge in [-0.05, 0) is 67.1 Å². The van der Waals surface area contributed by atoms with Crippen LogP contribution in [0.15, 0.2) is 16.8 Å². The number of hydrogen-bond acceptors (Lipinski definition) is 4. The van der Waals surface area contributed by atoms with E-state index < -0.39 is 0 Å². The van der Waals surface area contributed by atoms with Crippen molar-refractivity contribution in [1.29, 1.82) is 0 Å². The molecule has 2 fully saturated rings. The average Bonchev–Trinajstić information content (AvgIpc) is 3.18. The van der Waals surface area contributed by atoms with Gasteiger partial charge < -0.3 is 10.6 Å². The van der Waals surface area contributed by atoms with Crippen LogP contribution < -0.4 is 10.6 Å². The largest absolute Gasteiger partial charge is 0.354 e. The molecule has 3 heterocycles. The summed E-state index contributed by atoms with van der Waals surface area (Å²) in [6.45, 7) is 5.16. The van der Waals surface area contributed by atoms with Crippen molar-refractivity contribution in [2.24, 2.45) is 5.92 Å². The zero-order valence-electron chi connectivity index (χ0n) is 12.9. The summed E-state index contributed by atoms with van der Waals surface area (Å²) >= 11 is 1.77. The number of hydrogen-bond donors (Lipinski definition) is 2. The molecule has 0 bridgehead atoms. The maximum Gasteiger partial charge on any atom is 0.237 e. The molecule has 0 saturated carbocycles. The van der Waals surface area contributed by atoms with E-state index in [2.05, 4.69) is 32.4 Å². The summed E-state index contributed by atoms with van der Waals surface area (Å²) in [4.78, 5) is 14.6. The van der Waals surface area contributed by atoms with Crippen LogP contribution in [-0.4, -0.2) is 43.0 Å². The molecule has 2 aliphatic rings. The molecule has 22 heavy (non-hydrogen) atoms. The Morgan fingerprint density at radius 1 is 1.41 bits per heavy atom. The third-order valence-electron chi connectivity index (χ3n) is 4.53. The molecule has 124 valence electrons. The Morgan fingerprint density at radius 3 is 3.05 bits per heavy atom. The molecule has 0 aliphatic carbocycles. The molecule has 2 saturated heterocycles. The standard InChI is InChI=1S/C16H25N3OS.ClH/c20-16(15-4-1-6-17-15)18-9-13-3-2-7-19(10-13)11-14-5-8-21-12-14;/h5,8,12-13,15,17H,1-4,6-7,9-11H2,(H,18,20);1H. The first-order valence-electron chi connectivity index (χ1n) is 8.06. The Balaban J connectivity index is 0.00000176. The van der Waals surface area contributed by atoms with Gasteiger partial charge in [0.2, 0.25) is 5.91 Å². The zero-order chi connectivity index (χ0) is 14.5. The molecule has 1 aromatic heterocycles. The highest BCUT2D eigenvalue weighted by Gasteiger charge is 2.24. The Labute approximate surface area is 143 Å². The van der Waals surface area contributed by atoms with E-state index in [1.54, 1.807) is 11.3 Å². The number of likely N-dealkylation sites (tertiary alicyclic amines) is 1. The van der Waals surface area contributed by atoms with Crippen molar-refractivity contribution in [3.8, 4) is 0 Å². The second kappa shape index (κ2) is 8.87. The van der Waals surface area contributed by atoms with E-state index >= 15 is 0 Å². The first-order chi connectivity index (χ1) is 10.3. The maximum atomic E-state index is 12.0. The van der Waals surface area contributed by atoms with Gasteiger partial charge in [0.1, 0.15) is 0 Å². The normalized spacial score (nSPS) is 25.6. The van der Waals surface area contributed by atoms with Crippen LogP contribution >= 0.6 is 23.7 Å². The molecule has 0 spiro atoms. The van der Waals surface area contributed by atoms with Crippen molar-refractivity contribution in [1.82, 2.24) is 15.5 Å². The molecule has 6 heteroatoms. The number of nitrogens with zero attached hydrogens (tertiary/aromatic N) is 1. The van der Waals surface area contributed by atoms with Crippen molar-refractivity contribution in [2.45, 2.75) is 38.3 Å². The smallest absolute Gasteiger partial charge is 0.237 e. The number of rotatable bonds is 5. The third kappa shape index (κ3) is 4.95. The third-order valence-corrected chi connectivity index (χ3v) is 5.26. The molecule has 2 unspecified atom stereocenters. The second-order valence-corrected chi connectivity index (χ2v) is 7.05. The van der Waals surface area contributed by atoms with Gasteiger partial charge in [-0.1, -0.05) is 0 Å². The predicted molar refractivity (Wildman–Crippen MR) is 93.6 cm³/mol. The summed E-state index contributed by atoms with van der Waals surface area (Å²) in [5, 5.41) is 10.8. The Bertz CT molecular complexity index is 448. The van der Waals surface area contributed by atoms with Crippen LogP contribution in [0.1, 0.15) is 31.2 Å². The van der Waals surface area contributed by atoms with Gasteiger partial charge in [0, 0.05) is 19.6 Å². The minimum Gasteiger partial charge on any atom is -0.354 e. The van der Waals surface area contributed by atoms with Gasteiger partial charge >= 0.3 is 0 Å². The fourth-order valence-corrected chi connectivity index (χ4v) is 4.04. The molecule has 4 nitrogen and oxygen atoms in total. The van der Waals surface area contributed by atoms with Gasteiger partial charge in [-0.25, -0.2) is 0 Å². The first kappa shape index (κ1) is 17.7. The number of amides is 1. The molecule has 1 aromatic rings. The Hall–Kier alpha value is -0.620. The van der Waals surface area contributed by atoms with Crippen molar-refractivity contribution in [3.63, 3.8) is 0 Å². The van der Waals surface area contributed by atoms with E-state index in [9.17, 15) is 4.79 Å². The number of piperidine rings is 1. The van der Waals surface area contributed by atoms with Crippen LogP contribution in [0.2, 0.25) is 0 Å². The summed E-state index contributed by atoms with van der Waals surface area (Å²) in [5.41, 5.74) is 1.42. The van der Waals surface area contributed by atoms with E-state index in [0.29, 0.717) is 5.92 Å². The maximum absolute atomic E-state index is 12.0. The number of thiophene rings is 1. The number of carbonyl (C=O) groups is 1. The van der Waals surface area contributed by atoms with E-state index in [1.807, 2.05) is 0 Å². The van der Waals surface area contributed by atoms with Crippen LogP contribution in [0.4, 0.5) is 0 Å². The topological polar surface area (TPSA) is 44.4 Å². The first-order valence-corrected chi connectivity index (χ1v) is 9.00. The number of nitrogens with one attached hydrogen (secondary N) is 2. The SMILES string of the molecule is Cl.O=C(NCC1CCCN(Cc2ccsc2)C1)C1CCCN1. The van der Waals surface area contributed by atoms with Crippen LogP contribution in [0.5, 0.6) is 0 Å². The van der Waals surface area contributed by atoms with E-state index in [-0.39, 0.29) is 24.4 Å². The van der Waals surface area contributed by atoms with Gasteiger partial charge in [-0.3, -0.25) is 9.69 Å². The van der Waals surface area contributed by atoms with E-state index in [4.69, 9.17) is 0 Å². The summed E-state index contributed by atoms with van der Waals surface area (Å²) in [6.07, 6.45) is 4.58. The molecule has 0 radical (unpaired) electrons. The average molecular weight is 344 g/mol. The molecule has 1 amide bonds. The van der Waals surface area contributed by atoms with Crippen molar-refractivity contribution in [2.75, 3.05) is 26.2 Å². The second-order valence-electron chi connectivity index (χ2n) is 6.27. The fourth-order valence-electron chi connectivity index (χ4n) is 3.38. The Kier molecular flexibility index (Phi) is 7.15. The summed E-state index contributed by atoms with van der Waals surface area (Å²) in [5.74, 6) is 0.796. The lowest BCUT2D eigenvalue weighted by atomic mass is 9.97. The zero-order valence-corrected chi connectivity index (χ0v) is 14.6. The molecular weight excluding hydrogens is 318 g/mol. The van der Waals surface area contributed by atoms with Crippen LogP contribution in [0.3, 0.4) is 0 Å². The summed E-state index contributed by atoms with van der Waals surface area (Å²) < 4.78 is 0. The van der Waals surface area contributed by atoms with Gasteiger partial charge in [-0.15, -0.1) is 12.4 Å². The van der Waals surface area contributed by atoms with Crippen molar-refractivity contribution < 1.29 is 4.79 Å². The Morgan fingerprint density at radius 2 is 2.32 bits per heavy atom. The molecule has 3 rings (SSSR count). The molecule has 0 aromatic carbocycles. The highest BCUT2D eigenvalue weighted by molar-refractivity contribution is 7.07. The number of halogens is 1. The summed E-state index contributed by atoms with van der Waals surface area (Å²) in [6, 6.07) is 2.26. The minimum atomic E-state index is 0. The highest BCUT2D eigenvalue weighted by atomic mass is 35.5. The lowest BCUT2D eigenvalue weighted by Crippen LogP contribution is -2.45. The molecule has 2 N–H and O–H groups in total. The van der Waals surface area contributed by atoms with Gasteiger partial charge in [0.15, 0.2) is 0 Å². The lowest BCUT2D eigenvalue weighted by Gasteiger charge is -2.32. The van der Waals surface area contributed by atoms with Crippen LogP contribution in [0.25, 0.3) is 0 Å². The lowest BCUT2D eigenvalue weighted by molar-refractivity contribution is -0.123. The van der Waals surface area contributed by atoms with Crippen LogP contribution in [-0.2, 0) is 11.3 Å².